The maximum Gasteiger partial charge on any atom is 0.306 e. The number of aromatic nitrogens is 1. The lowest BCUT2D eigenvalue weighted by molar-refractivity contribution is -0.144. The SMILES string of the molecule is O=C(CNCC1CCCCC1C(=O)O)Nc1nccs1. The Labute approximate surface area is 121 Å². The predicted molar refractivity (Wildman–Crippen MR) is 76.7 cm³/mol. The van der Waals surface area contributed by atoms with Gasteiger partial charge in [-0.3, -0.25) is 9.59 Å². The monoisotopic (exact) mass is 297 g/mol. The van der Waals surface area contributed by atoms with Crippen molar-refractivity contribution < 1.29 is 14.7 Å². The van der Waals surface area contributed by atoms with Crippen LogP contribution >= 0.6 is 11.3 Å². The van der Waals surface area contributed by atoms with Crippen molar-refractivity contribution in [3.63, 3.8) is 0 Å². The predicted octanol–water partition coefficient (Wildman–Crippen LogP) is 1.56. The molecule has 1 aliphatic carbocycles. The van der Waals surface area contributed by atoms with E-state index in [1.165, 1.54) is 11.3 Å². The summed E-state index contributed by atoms with van der Waals surface area (Å²) >= 11 is 1.37. The molecule has 1 aromatic rings. The third-order valence-corrected chi connectivity index (χ3v) is 4.29. The van der Waals surface area contributed by atoms with E-state index in [0.717, 1.165) is 25.7 Å². The molecule has 1 heterocycles. The molecule has 1 amide bonds. The largest absolute Gasteiger partial charge is 0.481 e. The summed E-state index contributed by atoms with van der Waals surface area (Å²) in [6, 6.07) is 0. The maximum absolute atomic E-state index is 11.6. The lowest BCUT2D eigenvalue weighted by Gasteiger charge is -2.28. The average molecular weight is 297 g/mol. The van der Waals surface area contributed by atoms with Crippen molar-refractivity contribution >= 4 is 28.3 Å². The molecule has 1 fully saturated rings. The van der Waals surface area contributed by atoms with Crippen molar-refractivity contribution in [2.45, 2.75) is 25.7 Å². The standard InChI is InChI=1S/C13H19N3O3S/c17-11(16-13-15-5-6-20-13)8-14-7-9-3-1-2-4-10(9)12(18)19/h5-6,9-10,14H,1-4,7-8H2,(H,18,19)(H,15,16,17). The van der Waals surface area contributed by atoms with E-state index in [9.17, 15) is 14.7 Å². The molecule has 1 aliphatic rings. The highest BCUT2D eigenvalue weighted by Gasteiger charge is 2.30. The second-order valence-corrected chi connectivity index (χ2v) is 5.90. The van der Waals surface area contributed by atoms with Crippen LogP contribution < -0.4 is 10.6 Å². The van der Waals surface area contributed by atoms with Crippen LogP contribution in [0.5, 0.6) is 0 Å². The molecule has 1 aromatic heterocycles. The Hall–Kier alpha value is -1.47. The smallest absolute Gasteiger partial charge is 0.306 e. The Bertz CT molecular complexity index is 450. The van der Waals surface area contributed by atoms with E-state index in [-0.39, 0.29) is 24.3 Å². The van der Waals surface area contributed by atoms with Crippen LogP contribution in [0.15, 0.2) is 11.6 Å². The molecule has 2 atom stereocenters. The van der Waals surface area contributed by atoms with Gasteiger partial charge in [0.05, 0.1) is 12.5 Å². The molecule has 0 aromatic carbocycles. The Morgan fingerprint density at radius 3 is 2.90 bits per heavy atom. The summed E-state index contributed by atoms with van der Waals surface area (Å²) < 4.78 is 0. The number of hydrogen-bond acceptors (Lipinski definition) is 5. The molecule has 2 rings (SSSR count). The molecular weight excluding hydrogens is 278 g/mol. The minimum Gasteiger partial charge on any atom is -0.481 e. The molecule has 3 N–H and O–H groups in total. The van der Waals surface area contributed by atoms with E-state index in [2.05, 4.69) is 15.6 Å². The lowest BCUT2D eigenvalue weighted by Crippen LogP contribution is -2.37. The van der Waals surface area contributed by atoms with E-state index in [1.54, 1.807) is 11.6 Å². The van der Waals surface area contributed by atoms with Gasteiger partial charge < -0.3 is 15.7 Å². The third-order valence-electron chi connectivity index (χ3n) is 3.60. The Balaban J connectivity index is 1.71. The van der Waals surface area contributed by atoms with Gasteiger partial charge in [-0.15, -0.1) is 11.3 Å². The zero-order valence-corrected chi connectivity index (χ0v) is 12.0. The highest BCUT2D eigenvalue weighted by molar-refractivity contribution is 7.13. The summed E-state index contributed by atoms with van der Waals surface area (Å²) in [7, 11) is 0. The van der Waals surface area contributed by atoms with Crippen LogP contribution in [-0.4, -0.2) is 35.1 Å². The molecular formula is C13H19N3O3S. The molecule has 110 valence electrons. The molecule has 0 saturated heterocycles. The van der Waals surface area contributed by atoms with E-state index >= 15 is 0 Å². The molecule has 0 spiro atoms. The van der Waals surface area contributed by atoms with E-state index in [0.29, 0.717) is 11.7 Å². The average Bonchev–Trinajstić information content (AvgIpc) is 2.92. The number of carbonyl (C=O) groups excluding carboxylic acids is 1. The fourth-order valence-corrected chi connectivity index (χ4v) is 3.14. The first kappa shape index (κ1) is 14.9. The summed E-state index contributed by atoms with van der Waals surface area (Å²) in [5.74, 6) is -1.03. The summed E-state index contributed by atoms with van der Waals surface area (Å²) in [4.78, 5) is 26.8. The Morgan fingerprint density at radius 1 is 1.40 bits per heavy atom. The van der Waals surface area contributed by atoms with Crippen molar-refractivity contribution in [1.82, 2.24) is 10.3 Å². The second kappa shape index (κ2) is 7.35. The quantitative estimate of drug-likeness (QED) is 0.741. The zero-order chi connectivity index (χ0) is 14.4. The summed E-state index contributed by atoms with van der Waals surface area (Å²) in [6.45, 7) is 0.755. The van der Waals surface area contributed by atoms with Crippen LogP contribution in [0.4, 0.5) is 5.13 Å². The number of aliphatic carboxylic acids is 1. The van der Waals surface area contributed by atoms with Crippen molar-refractivity contribution in [2.75, 3.05) is 18.4 Å². The van der Waals surface area contributed by atoms with Crippen molar-refractivity contribution in [1.29, 1.82) is 0 Å². The van der Waals surface area contributed by atoms with Crippen LogP contribution in [0.1, 0.15) is 25.7 Å². The number of nitrogens with zero attached hydrogens (tertiary/aromatic N) is 1. The highest BCUT2D eigenvalue weighted by atomic mass is 32.1. The maximum atomic E-state index is 11.6. The molecule has 0 aliphatic heterocycles. The number of rotatable bonds is 6. The van der Waals surface area contributed by atoms with E-state index in [1.807, 2.05) is 0 Å². The number of carboxylic acids is 1. The first-order valence-corrected chi connectivity index (χ1v) is 7.67. The van der Waals surface area contributed by atoms with Gasteiger partial charge in [0.1, 0.15) is 0 Å². The number of carboxylic acid groups (broad SMARTS) is 1. The van der Waals surface area contributed by atoms with Crippen LogP contribution in [0.2, 0.25) is 0 Å². The number of amides is 1. The molecule has 1 saturated carbocycles. The molecule has 7 heteroatoms. The number of carbonyl (C=O) groups is 2. The molecule has 20 heavy (non-hydrogen) atoms. The number of anilines is 1. The van der Waals surface area contributed by atoms with Gasteiger partial charge in [0.2, 0.25) is 5.91 Å². The Morgan fingerprint density at radius 2 is 2.20 bits per heavy atom. The molecule has 2 unspecified atom stereocenters. The number of hydrogen-bond donors (Lipinski definition) is 3. The summed E-state index contributed by atoms with van der Waals surface area (Å²) in [5, 5.41) is 17.3. The lowest BCUT2D eigenvalue weighted by atomic mass is 9.79. The van der Waals surface area contributed by atoms with Crippen LogP contribution in [0, 0.1) is 11.8 Å². The van der Waals surface area contributed by atoms with Gasteiger partial charge in [-0.1, -0.05) is 12.8 Å². The fraction of sp³-hybridized carbons (Fsp3) is 0.615. The summed E-state index contributed by atoms with van der Waals surface area (Å²) in [6.07, 6.45) is 5.34. The number of nitrogens with one attached hydrogen (secondary N) is 2. The van der Waals surface area contributed by atoms with Gasteiger partial charge in [-0.05, 0) is 25.3 Å². The van der Waals surface area contributed by atoms with Crippen molar-refractivity contribution in [3.8, 4) is 0 Å². The normalized spacial score (nSPS) is 22.4. The fourth-order valence-electron chi connectivity index (χ4n) is 2.60. The van der Waals surface area contributed by atoms with E-state index < -0.39 is 5.97 Å². The number of thiazole rings is 1. The van der Waals surface area contributed by atoms with Gasteiger partial charge >= 0.3 is 5.97 Å². The first-order valence-electron chi connectivity index (χ1n) is 6.79. The minimum atomic E-state index is -0.719. The van der Waals surface area contributed by atoms with Crippen molar-refractivity contribution in [3.05, 3.63) is 11.6 Å². The molecule has 0 radical (unpaired) electrons. The van der Waals surface area contributed by atoms with Crippen molar-refractivity contribution in [2.24, 2.45) is 11.8 Å². The van der Waals surface area contributed by atoms with Gasteiger partial charge in [0.15, 0.2) is 5.13 Å². The van der Waals surface area contributed by atoms with Crippen LogP contribution in [0.25, 0.3) is 0 Å². The van der Waals surface area contributed by atoms with Crippen LogP contribution in [-0.2, 0) is 9.59 Å². The van der Waals surface area contributed by atoms with Crippen LogP contribution in [0.3, 0.4) is 0 Å². The topological polar surface area (TPSA) is 91.3 Å². The van der Waals surface area contributed by atoms with Gasteiger partial charge in [0, 0.05) is 11.6 Å². The Kier molecular flexibility index (Phi) is 5.49. The minimum absolute atomic E-state index is 0.119. The first-order chi connectivity index (χ1) is 9.66. The summed E-state index contributed by atoms with van der Waals surface area (Å²) in [5.41, 5.74) is 0. The van der Waals surface area contributed by atoms with Gasteiger partial charge in [-0.2, -0.15) is 0 Å². The third kappa shape index (κ3) is 4.28. The molecule has 0 bridgehead atoms. The highest BCUT2D eigenvalue weighted by Crippen LogP contribution is 2.29. The van der Waals surface area contributed by atoms with Gasteiger partial charge in [0.25, 0.3) is 0 Å². The zero-order valence-electron chi connectivity index (χ0n) is 11.2. The second-order valence-electron chi connectivity index (χ2n) is 5.01. The van der Waals surface area contributed by atoms with Gasteiger partial charge in [-0.25, -0.2) is 4.98 Å². The molecule has 6 nitrogen and oxygen atoms in total. The van der Waals surface area contributed by atoms with E-state index in [4.69, 9.17) is 0 Å².